The van der Waals surface area contributed by atoms with Crippen LogP contribution in [0.25, 0.3) is 0 Å². The molecule has 1 saturated heterocycles. The highest BCUT2D eigenvalue weighted by Gasteiger charge is 2.62. The van der Waals surface area contributed by atoms with E-state index in [2.05, 4.69) is 5.32 Å². The van der Waals surface area contributed by atoms with E-state index in [1.165, 1.54) is 32.0 Å². The fraction of sp³-hybridized carbons (Fsp3) is 0.429. The maximum atomic E-state index is 14.1. The summed E-state index contributed by atoms with van der Waals surface area (Å²) in [6.07, 6.45) is -7.60. The molecule has 3 aliphatic rings. The molecule has 224 valence electrons. The van der Waals surface area contributed by atoms with Crippen molar-refractivity contribution in [3.63, 3.8) is 0 Å². The van der Waals surface area contributed by atoms with Gasteiger partial charge in [0.25, 0.3) is 5.91 Å². The van der Waals surface area contributed by atoms with Crippen LogP contribution < -0.4 is 11.1 Å². The van der Waals surface area contributed by atoms with Crippen LogP contribution in [0.2, 0.25) is 0 Å². The van der Waals surface area contributed by atoms with Gasteiger partial charge in [-0.1, -0.05) is 12.1 Å². The van der Waals surface area contributed by atoms with E-state index in [4.69, 9.17) is 10.5 Å². The Balaban J connectivity index is 1.40. The van der Waals surface area contributed by atoms with Crippen LogP contribution in [0.5, 0.6) is 0 Å². The van der Waals surface area contributed by atoms with E-state index in [1.807, 2.05) is 0 Å². The van der Waals surface area contributed by atoms with Gasteiger partial charge in [-0.3, -0.25) is 14.4 Å². The molecule has 10 nitrogen and oxygen atoms in total. The summed E-state index contributed by atoms with van der Waals surface area (Å²) in [4.78, 5) is 52.7. The molecular formula is C28H28F4N4O6. The number of anilines is 1. The average molecular weight is 593 g/mol. The lowest BCUT2D eigenvalue weighted by Gasteiger charge is -2.40. The van der Waals surface area contributed by atoms with Gasteiger partial charge in [-0.25, -0.2) is 14.1 Å². The number of imide groups is 1. The van der Waals surface area contributed by atoms with Gasteiger partial charge in [0.2, 0.25) is 23.1 Å². The summed E-state index contributed by atoms with van der Waals surface area (Å²) in [6.45, 7) is 1.20. The zero-order chi connectivity index (χ0) is 30.8. The second-order valence-corrected chi connectivity index (χ2v) is 11.3. The quantitative estimate of drug-likeness (QED) is 0.464. The maximum absolute atomic E-state index is 14.1. The Morgan fingerprint density at radius 2 is 1.74 bits per heavy atom. The molecule has 4 amide bonds. The summed E-state index contributed by atoms with van der Waals surface area (Å²) < 4.78 is 61.7. The molecule has 0 bridgehead atoms. The summed E-state index contributed by atoms with van der Waals surface area (Å²) in [7, 11) is 0. The molecule has 2 aromatic carbocycles. The number of carbonyl (C=O) groups is 4. The fourth-order valence-electron chi connectivity index (χ4n) is 5.56. The molecule has 14 heteroatoms. The molecule has 2 aliphatic heterocycles. The van der Waals surface area contributed by atoms with Crippen molar-refractivity contribution in [3.8, 4) is 0 Å². The molecule has 1 aliphatic carbocycles. The molecule has 4 N–H and O–H groups in total. The Kier molecular flexibility index (Phi) is 6.85. The molecule has 2 atom stereocenters. The maximum Gasteiger partial charge on any atom is 0.436 e. The average Bonchev–Trinajstić information content (AvgIpc) is 3.30. The van der Waals surface area contributed by atoms with Crippen LogP contribution >= 0.6 is 0 Å². The molecule has 1 spiro atoms. The van der Waals surface area contributed by atoms with E-state index >= 15 is 0 Å². The number of aliphatic hydroxyl groups is 1. The Morgan fingerprint density at radius 3 is 2.40 bits per heavy atom. The Hall–Kier alpha value is -4.04. The number of rotatable bonds is 4. The highest BCUT2D eigenvalue weighted by atomic mass is 19.4. The third-order valence-electron chi connectivity index (χ3n) is 7.94. The number of benzene rings is 2. The number of hydrogen-bond donors (Lipinski definition) is 3. The number of halogens is 4. The smallest absolute Gasteiger partial charge is 0.427 e. The van der Waals surface area contributed by atoms with Gasteiger partial charge in [-0.05, 0) is 67.6 Å². The first kappa shape index (κ1) is 29.5. The van der Waals surface area contributed by atoms with Gasteiger partial charge in [0.15, 0.2) is 0 Å². The minimum atomic E-state index is -5.30. The van der Waals surface area contributed by atoms with Crippen molar-refractivity contribution in [2.75, 3.05) is 11.9 Å². The van der Waals surface area contributed by atoms with Gasteiger partial charge in [-0.2, -0.15) is 13.2 Å². The van der Waals surface area contributed by atoms with Gasteiger partial charge in [0.1, 0.15) is 12.4 Å². The fourth-order valence-corrected chi connectivity index (χ4v) is 5.56. The van der Waals surface area contributed by atoms with E-state index in [9.17, 15) is 41.8 Å². The first-order chi connectivity index (χ1) is 19.5. The molecule has 0 saturated carbocycles. The van der Waals surface area contributed by atoms with Gasteiger partial charge in [0.05, 0.1) is 5.54 Å². The lowest BCUT2D eigenvalue weighted by atomic mass is 9.94. The number of nitrogens with zero attached hydrogens (tertiary/aromatic N) is 2. The summed E-state index contributed by atoms with van der Waals surface area (Å²) in [5, 5.41) is 13.4. The van der Waals surface area contributed by atoms with E-state index in [0.29, 0.717) is 21.7 Å². The Morgan fingerprint density at radius 1 is 1.05 bits per heavy atom. The molecule has 2 unspecified atom stereocenters. The molecule has 42 heavy (non-hydrogen) atoms. The number of nitrogens with one attached hydrogen (secondary N) is 1. The topological polar surface area (TPSA) is 142 Å². The van der Waals surface area contributed by atoms with Gasteiger partial charge >= 0.3 is 12.3 Å². The number of aryl methyl sites for hydroxylation is 2. The summed E-state index contributed by atoms with van der Waals surface area (Å²) in [5.74, 6) is -3.43. The number of nitrogens with two attached hydrogens (primary N) is 1. The SMILES string of the molecule is CC(C)(N)C(=O)Nc1ccc2c(c1)CCC21OC(=O)N(CC(=O)N2Cc3ccc(F)cc3CCC2(O)C(F)(F)F)C1=O. The van der Waals surface area contributed by atoms with Crippen molar-refractivity contribution < 1.29 is 46.6 Å². The first-order valence-electron chi connectivity index (χ1n) is 13.1. The zero-order valence-corrected chi connectivity index (χ0v) is 22.7. The second-order valence-electron chi connectivity index (χ2n) is 11.3. The van der Waals surface area contributed by atoms with Crippen LogP contribution in [-0.4, -0.2) is 62.7 Å². The summed E-state index contributed by atoms with van der Waals surface area (Å²) >= 11 is 0. The highest BCUT2D eigenvalue weighted by Crippen LogP contribution is 2.46. The molecule has 0 aromatic heterocycles. The van der Waals surface area contributed by atoms with Crippen LogP contribution in [0.3, 0.4) is 0 Å². The van der Waals surface area contributed by atoms with Crippen molar-refractivity contribution >= 4 is 29.5 Å². The Bertz CT molecular complexity index is 1510. The van der Waals surface area contributed by atoms with Crippen molar-refractivity contribution in [2.24, 2.45) is 5.73 Å². The lowest BCUT2D eigenvalue weighted by molar-refractivity contribution is -0.313. The molecular weight excluding hydrogens is 564 g/mol. The van der Waals surface area contributed by atoms with Crippen molar-refractivity contribution in [2.45, 2.75) is 69.1 Å². The molecule has 2 heterocycles. The number of ether oxygens (including phenoxy) is 1. The molecule has 2 aromatic rings. The van der Waals surface area contributed by atoms with E-state index in [1.54, 1.807) is 6.07 Å². The lowest BCUT2D eigenvalue weighted by Crippen LogP contribution is -2.61. The van der Waals surface area contributed by atoms with E-state index in [0.717, 1.165) is 12.1 Å². The minimum absolute atomic E-state index is 0.00647. The first-order valence-corrected chi connectivity index (χ1v) is 13.1. The van der Waals surface area contributed by atoms with Crippen molar-refractivity contribution in [1.82, 2.24) is 9.80 Å². The van der Waals surface area contributed by atoms with Crippen LogP contribution in [0.15, 0.2) is 36.4 Å². The van der Waals surface area contributed by atoms with E-state index < -0.39 is 72.2 Å². The van der Waals surface area contributed by atoms with Gasteiger partial charge < -0.3 is 25.8 Å². The Labute approximate surface area is 237 Å². The largest absolute Gasteiger partial charge is 0.436 e. The standard InChI is InChI=1S/C28H28F4N4O6/c1-25(2,33)22(38)34-19-5-6-20-16(12-19)7-9-26(20)23(39)35(24(40)42-26)14-21(37)36-13-17-3-4-18(29)11-15(17)8-10-27(36,41)28(30,31)32/h3-6,11-12,41H,7-10,13-14,33H2,1-2H3,(H,34,38). The van der Waals surface area contributed by atoms with Crippen LogP contribution in [-0.2, 0) is 44.1 Å². The number of fused-ring (bicyclic) bond motifs is 3. The normalized spacial score (nSPS) is 23.9. The summed E-state index contributed by atoms with van der Waals surface area (Å²) in [5.41, 5.74) is 0.886. The van der Waals surface area contributed by atoms with Gasteiger partial charge in [-0.15, -0.1) is 0 Å². The third-order valence-corrected chi connectivity index (χ3v) is 7.94. The monoisotopic (exact) mass is 592 g/mol. The van der Waals surface area contributed by atoms with Crippen LogP contribution in [0, 0.1) is 5.82 Å². The number of carbonyl (C=O) groups excluding carboxylic acids is 4. The predicted molar refractivity (Wildman–Crippen MR) is 138 cm³/mol. The number of hydrogen-bond acceptors (Lipinski definition) is 7. The molecule has 5 rings (SSSR count). The van der Waals surface area contributed by atoms with E-state index in [-0.39, 0.29) is 35.3 Å². The molecule has 1 fully saturated rings. The van der Waals surface area contributed by atoms with Crippen molar-refractivity contribution in [3.05, 3.63) is 64.5 Å². The predicted octanol–water partition coefficient (Wildman–Crippen LogP) is 2.85. The summed E-state index contributed by atoms with van der Waals surface area (Å²) in [6, 6.07) is 7.87. The zero-order valence-electron chi connectivity index (χ0n) is 22.7. The van der Waals surface area contributed by atoms with Gasteiger partial charge in [0, 0.05) is 30.6 Å². The number of alkyl halides is 3. The minimum Gasteiger partial charge on any atom is -0.427 e. The van der Waals surface area contributed by atoms with Crippen molar-refractivity contribution in [1.29, 1.82) is 0 Å². The van der Waals surface area contributed by atoms with Crippen LogP contribution in [0.4, 0.5) is 28.0 Å². The second kappa shape index (κ2) is 9.76. The highest BCUT2D eigenvalue weighted by molar-refractivity contribution is 6.06. The third kappa shape index (κ3) is 4.77. The van der Waals surface area contributed by atoms with Crippen LogP contribution in [0.1, 0.15) is 48.9 Å². The number of amides is 4. The molecule has 0 radical (unpaired) electrons.